The van der Waals surface area contributed by atoms with Gasteiger partial charge in [0.1, 0.15) is 4.90 Å². The van der Waals surface area contributed by atoms with E-state index >= 15 is 0 Å². The van der Waals surface area contributed by atoms with Crippen LogP contribution in [0.4, 0.5) is 0 Å². The van der Waals surface area contributed by atoms with Crippen molar-refractivity contribution >= 4 is 55.5 Å². The molecule has 1 heterocycles. The van der Waals surface area contributed by atoms with Crippen LogP contribution < -0.4 is 10.5 Å². The van der Waals surface area contributed by atoms with E-state index in [1.165, 1.54) is 11.3 Å². The maximum Gasteiger partial charge on any atom is 0.242 e. The monoisotopic (exact) mass is 380 g/mol. The van der Waals surface area contributed by atoms with Crippen LogP contribution in [0, 0.1) is 12.8 Å². The Morgan fingerprint density at radius 1 is 1.45 bits per heavy atom. The molecule has 1 aromatic heterocycles. The van der Waals surface area contributed by atoms with Crippen molar-refractivity contribution in [3.05, 3.63) is 28.1 Å². The van der Waals surface area contributed by atoms with Crippen LogP contribution in [0.25, 0.3) is 10.1 Å². The largest absolute Gasteiger partial charge is 0.329 e. The highest BCUT2D eigenvalue weighted by atomic mass is 35.5. The van der Waals surface area contributed by atoms with Gasteiger partial charge in [-0.1, -0.05) is 11.6 Å². The molecule has 1 atom stereocenters. The molecule has 2 aromatic rings. The number of nitrogens with two attached hydrogens (primary N) is 1. The van der Waals surface area contributed by atoms with Crippen molar-refractivity contribution in [2.24, 2.45) is 11.7 Å². The van der Waals surface area contributed by atoms with E-state index in [1.807, 2.05) is 13.0 Å². The molecule has 1 aliphatic rings. The predicted molar refractivity (Wildman–Crippen MR) is 94.7 cm³/mol. The van der Waals surface area contributed by atoms with Crippen molar-refractivity contribution in [3.8, 4) is 0 Å². The molecule has 0 radical (unpaired) electrons. The van der Waals surface area contributed by atoms with E-state index in [0.29, 0.717) is 27.8 Å². The lowest BCUT2D eigenvalue weighted by molar-refractivity contribution is 0.519. The highest BCUT2D eigenvalue weighted by Crippen LogP contribution is 2.37. The normalized spacial score (nSPS) is 16.5. The summed E-state index contributed by atoms with van der Waals surface area (Å²) < 4.78 is 29.2. The summed E-state index contributed by atoms with van der Waals surface area (Å²) >= 11 is 7.48. The van der Waals surface area contributed by atoms with Crippen LogP contribution in [-0.4, -0.2) is 21.0 Å². The zero-order valence-electron chi connectivity index (χ0n) is 12.0. The van der Waals surface area contributed by atoms with E-state index in [2.05, 4.69) is 4.72 Å². The molecule has 122 valence electrons. The lowest BCUT2D eigenvalue weighted by atomic mass is 10.2. The van der Waals surface area contributed by atoms with Crippen molar-refractivity contribution in [3.63, 3.8) is 0 Å². The van der Waals surface area contributed by atoms with E-state index in [1.54, 1.807) is 12.1 Å². The smallest absolute Gasteiger partial charge is 0.242 e. The molecule has 4 nitrogen and oxygen atoms in total. The fourth-order valence-corrected chi connectivity index (χ4v) is 5.87. The first-order valence-corrected chi connectivity index (χ1v) is 9.51. The lowest BCUT2D eigenvalue weighted by Gasteiger charge is -2.16. The standard InChI is InChI=1S/C14H17ClN2O2S2.ClH/c1-8-14(11-6-10(15)4-5-13(11)20-8)21(18,19)17-12(7-16)9-2-3-9;/h4-6,9,12,17H,2-3,7,16H2,1H3;1H. The molecular weight excluding hydrogens is 363 g/mol. The number of halogens is 2. The fraction of sp³-hybridized carbons (Fsp3) is 0.429. The molecule has 1 fully saturated rings. The highest BCUT2D eigenvalue weighted by Gasteiger charge is 2.34. The van der Waals surface area contributed by atoms with Crippen LogP contribution in [0.1, 0.15) is 17.7 Å². The molecule has 1 aromatic carbocycles. The molecular formula is C14H18Cl2N2O2S2. The predicted octanol–water partition coefficient (Wildman–Crippen LogP) is 3.30. The number of benzene rings is 1. The number of nitrogens with one attached hydrogen (secondary N) is 1. The second kappa shape index (κ2) is 6.63. The summed E-state index contributed by atoms with van der Waals surface area (Å²) in [5.74, 6) is 0.374. The SMILES string of the molecule is Cc1sc2ccc(Cl)cc2c1S(=O)(=O)NC(CN)C1CC1.Cl. The minimum atomic E-state index is -3.59. The Balaban J connectivity index is 0.00000176. The first-order valence-electron chi connectivity index (χ1n) is 6.83. The number of rotatable bonds is 5. The molecule has 0 spiro atoms. The minimum absolute atomic E-state index is 0. The van der Waals surface area contributed by atoms with Gasteiger partial charge in [0.25, 0.3) is 0 Å². The van der Waals surface area contributed by atoms with E-state index in [9.17, 15) is 8.42 Å². The van der Waals surface area contributed by atoms with Crippen LogP contribution in [0.15, 0.2) is 23.1 Å². The third-order valence-corrected chi connectivity index (χ3v) is 6.92. The third-order valence-electron chi connectivity index (χ3n) is 3.79. The van der Waals surface area contributed by atoms with Crippen molar-refractivity contribution < 1.29 is 8.42 Å². The average molecular weight is 381 g/mol. The van der Waals surface area contributed by atoms with E-state index in [0.717, 1.165) is 22.4 Å². The van der Waals surface area contributed by atoms with Gasteiger partial charge in [-0.3, -0.25) is 0 Å². The quantitative estimate of drug-likeness (QED) is 0.835. The molecule has 0 amide bonds. The lowest BCUT2D eigenvalue weighted by Crippen LogP contribution is -2.41. The number of fused-ring (bicyclic) bond motifs is 1. The second-order valence-corrected chi connectivity index (χ2v) is 8.77. The Morgan fingerprint density at radius 2 is 2.14 bits per heavy atom. The van der Waals surface area contributed by atoms with E-state index < -0.39 is 10.0 Å². The Bertz CT molecular complexity index is 785. The first-order chi connectivity index (χ1) is 9.92. The molecule has 1 aliphatic carbocycles. The van der Waals surface area contributed by atoms with Gasteiger partial charge < -0.3 is 5.73 Å². The number of hydrogen-bond acceptors (Lipinski definition) is 4. The summed E-state index contributed by atoms with van der Waals surface area (Å²) in [7, 11) is -3.59. The summed E-state index contributed by atoms with van der Waals surface area (Å²) in [4.78, 5) is 1.11. The average Bonchev–Trinajstić information content (AvgIpc) is 3.18. The van der Waals surface area contributed by atoms with Gasteiger partial charge in [-0.2, -0.15) is 0 Å². The van der Waals surface area contributed by atoms with Gasteiger partial charge in [0.2, 0.25) is 10.0 Å². The fourth-order valence-electron chi connectivity index (χ4n) is 2.60. The molecule has 8 heteroatoms. The maximum atomic E-state index is 12.7. The molecule has 1 saturated carbocycles. The first kappa shape index (κ1) is 18.0. The third kappa shape index (κ3) is 3.42. The van der Waals surface area contributed by atoms with Gasteiger partial charge in [0, 0.05) is 32.6 Å². The molecule has 0 saturated heterocycles. The Morgan fingerprint density at radius 3 is 2.73 bits per heavy atom. The van der Waals surface area contributed by atoms with Crippen molar-refractivity contribution in [2.45, 2.75) is 30.7 Å². The summed E-state index contributed by atoms with van der Waals surface area (Å²) in [6.07, 6.45) is 2.08. The Hall–Kier alpha value is -0.370. The van der Waals surface area contributed by atoms with Crippen LogP contribution in [0.5, 0.6) is 0 Å². The molecule has 3 N–H and O–H groups in total. The molecule has 0 bridgehead atoms. The van der Waals surface area contributed by atoms with E-state index in [-0.39, 0.29) is 18.4 Å². The molecule has 0 aliphatic heterocycles. The second-order valence-electron chi connectivity index (χ2n) is 5.43. The maximum absolute atomic E-state index is 12.7. The summed E-state index contributed by atoms with van der Waals surface area (Å²) in [6, 6.07) is 5.17. The minimum Gasteiger partial charge on any atom is -0.329 e. The van der Waals surface area contributed by atoms with Gasteiger partial charge in [0.15, 0.2) is 0 Å². The van der Waals surface area contributed by atoms with Crippen molar-refractivity contribution in [2.75, 3.05) is 6.54 Å². The van der Waals surface area contributed by atoms with Gasteiger partial charge in [0.05, 0.1) is 0 Å². The number of aryl methyl sites for hydroxylation is 1. The zero-order valence-corrected chi connectivity index (χ0v) is 15.2. The highest BCUT2D eigenvalue weighted by molar-refractivity contribution is 7.90. The number of hydrogen-bond donors (Lipinski definition) is 2. The number of sulfonamides is 1. The summed E-state index contributed by atoms with van der Waals surface area (Å²) in [5.41, 5.74) is 5.70. The van der Waals surface area contributed by atoms with Crippen molar-refractivity contribution in [1.29, 1.82) is 0 Å². The van der Waals surface area contributed by atoms with Crippen LogP contribution >= 0.6 is 35.3 Å². The molecule has 3 rings (SSSR count). The summed E-state index contributed by atoms with van der Waals surface area (Å²) in [6.45, 7) is 2.15. The van der Waals surface area contributed by atoms with E-state index in [4.69, 9.17) is 17.3 Å². The topological polar surface area (TPSA) is 72.2 Å². The Labute approximate surface area is 145 Å². The molecule has 1 unspecified atom stereocenters. The molecule has 22 heavy (non-hydrogen) atoms. The number of thiophene rings is 1. The van der Waals surface area contributed by atoms with Crippen LogP contribution in [-0.2, 0) is 10.0 Å². The van der Waals surface area contributed by atoms with Gasteiger partial charge >= 0.3 is 0 Å². The Kier molecular flexibility index (Phi) is 5.42. The van der Waals surface area contributed by atoms with Gasteiger partial charge in [-0.25, -0.2) is 13.1 Å². The summed E-state index contributed by atoms with van der Waals surface area (Å²) in [5, 5.41) is 1.22. The van der Waals surface area contributed by atoms with Gasteiger partial charge in [-0.05, 0) is 43.9 Å². The zero-order chi connectivity index (χ0) is 15.2. The van der Waals surface area contributed by atoms with Crippen LogP contribution in [0.3, 0.4) is 0 Å². The van der Waals surface area contributed by atoms with Crippen molar-refractivity contribution in [1.82, 2.24) is 4.72 Å². The van der Waals surface area contributed by atoms with Crippen LogP contribution in [0.2, 0.25) is 5.02 Å². The van der Waals surface area contributed by atoms with Gasteiger partial charge in [-0.15, -0.1) is 23.7 Å².